The molecule has 0 aliphatic carbocycles. The molecule has 0 aromatic heterocycles. The van der Waals surface area contributed by atoms with Gasteiger partial charge in [0.15, 0.2) is 6.29 Å². The average Bonchev–Trinajstić information content (AvgIpc) is 3.14. The Bertz CT molecular complexity index is 1530. The predicted molar refractivity (Wildman–Crippen MR) is 187 cm³/mol. The SMILES string of the molecule is O=C(CCCCCC(=O)NCc1ccc([C@@H]2O[C@H](CN(Cc3ccccc3)Cc3ccccc3)C[C@H](c3ccc(CO)cc3)O2)cc1)NO. The van der Waals surface area contributed by atoms with Crippen molar-refractivity contribution in [1.29, 1.82) is 0 Å². The van der Waals surface area contributed by atoms with E-state index in [1.54, 1.807) is 5.48 Å². The molecule has 4 N–H and O–H groups in total. The van der Waals surface area contributed by atoms with Gasteiger partial charge in [-0.25, -0.2) is 5.48 Å². The zero-order valence-corrected chi connectivity index (χ0v) is 27.9. The van der Waals surface area contributed by atoms with Crippen LogP contribution in [0.25, 0.3) is 0 Å². The number of hydroxylamine groups is 1. The number of carbonyl (C=O) groups is 2. The van der Waals surface area contributed by atoms with Crippen LogP contribution >= 0.6 is 0 Å². The second-order valence-corrected chi connectivity index (χ2v) is 12.6. The molecule has 1 fully saturated rings. The highest BCUT2D eigenvalue weighted by Gasteiger charge is 2.33. The molecule has 4 aromatic carbocycles. The minimum absolute atomic E-state index is 0.00753. The molecular formula is C40H47N3O6. The van der Waals surface area contributed by atoms with Gasteiger partial charge in [-0.3, -0.25) is 19.7 Å². The Morgan fingerprint density at radius 1 is 0.673 bits per heavy atom. The van der Waals surface area contributed by atoms with Gasteiger partial charge in [-0.1, -0.05) is 116 Å². The number of ether oxygens (including phenoxy) is 2. The third kappa shape index (κ3) is 11.6. The first-order valence-electron chi connectivity index (χ1n) is 17.1. The van der Waals surface area contributed by atoms with Gasteiger partial charge in [0, 0.05) is 51.0 Å². The molecule has 0 radical (unpaired) electrons. The van der Waals surface area contributed by atoms with Crippen LogP contribution in [0.1, 0.15) is 84.3 Å². The Hall–Kier alpha value is -4.38. The number of aliphatic hydroxyl groups excluding tert-OH is 1. The summed E-state index contributed by atoms with van der Waals surface area (Å²) in [6.45, 7) is 2.70. The molecule has 4 aromatic rings. The zero-order valence-electron chi connectivity index (χ0n) is 27.9. The first-order chi connectivity index (χ1) is 24.0. The van der Waals surface area contributed by atoms with E-state index in [-0.39, 0.29) is 31.1 Å². The van der Waals surface area contributed by atoms with Gasteiger partial charge in [0.2, 0.25) is 11.8 Å². The largest absolute Gasteiger partial charge is 0.392 e. The highest BCUT2D eigenvalue weighted by molar-refractivity contribution is 5.76. The van der Waals surface area contributed by atoms with Crippen molar-refractivity contribution in [2.45, 2.75) is 83.3 Å². The summed E-state index contributed by atoms with van der Waals surface area (Å²) >= 11 is 0. The van der Waals surface area contributed by atoms with Crippen LogP contribution in [0.15, 0.2) is 109 Å². The van der Waals surface area contributed by atoms with E-state index in [4.69, 9.17) is 14.7 Å². The van der Waals surface area contributed by atoms with Gasteiger partial charge in [0.05, 0.1) is 18.8 Å². The summed E-state index contributed by atoms with van der Waals surface area (Å²) in [4.78, 5) is 25.9. The van der Waals surface area contributed by atoms with Gasteiger partial charge in [-0.15, -0.1) is 0 Å². The van der Waals surface area contributed by atoms with Crippen molar-refractivity contribution in [1.82, 2.24) is 15.7 Å². The van der Waals surface area contributed by atoms with Crippen LogP contribution in [0.2, 0.25) is 0 Å². The molecule has 9 heteroatoms. The summed E-state index contributed by atoms with van der Waals surface area (Å²) in [5.74, 6) is -0.448. The van der Waals surface area contributed by atoms with Crippen molar-refractivity contribution in [3.8, 4) is 0 Å². The molecule has 0 unspecified atom stereocenters. The number of rotatable bonds is 17. The molecule has 258 valence electrons. The second-order valence-electron chi connectivity index (χ2n) is 12.6. The molecule has 3 atom stereocenters. The van der Waals surface area contributed by atoms with Gasteiger partial charge < -0.3 is 19.9 Å². The summed E-state index contributed by atoms with van der Waals surface area (Å²) in [6.07, 6.45) is 2.49. The maximum atomic E-state index is 12.4. The maximum absolute atomic E-state index is 12.4. The highest BCUT2D eigenvalue weighted by atomic mass is 16.7. The first kappa shape index (κ1) is 35.9. The monoisotopic (exact) mass is 665 g/mol. The lowest BCUT2D eigenvalue weighted by Gasteiger charge is -2.38. The quantitative estimate of drug-likeness (QED) is 0.0578. The van der Waals surface area contributed by atoms with Crippen molar-refractivity contribution in [3.05, 3.63) is 143 Å². The van der Waals surface area contributed by atoms with E-state index >= 15 is 0 Å². The van der Waals surface area contributed by atoms with Crippen LogP contribution < -0.4 is 10.8 Å². The summed E-state index contributed by atoms with van der Waals surface area (Å²) in [5.41, 5.74) is 7.89. The van der Waals surface area contributed by atoms with E-state index < -0.39 is 12.2 Å². The fourth-order valence-electron chi connectivity index (χ4n) is 6.07. The number of nitrogens with zero attached hydrogens (tertiary/aromatic N) is 1. The van der Waals surface area contributed by atoms with Crippen LogP contribution in [0.4, 0.5) is 0 Å². The van der Waals surface area contributed by atoms with Crippen LogP contribution in [0.3, 0.4) is 0 Å². The van der Waals surface area contributed by atoms with E-state index in [1.165, 1.54) is 11.1 Å². The van der Waals surface area contributed by atoms with Crippen molar-refractivity contribution >= 4 is 11.8 Å². The lowest BCUT2D eigenvalue weighted by molar-refractivity contribution is -0.253. The Morgan fingerprint density at radius 2 is 1.24 bits per heavy atom. The number of amides is 2. The fraction of sp³-hybridized carbons (Fsp3) is 0.350. The Balaban J connectivity index is 1.25. The minimum atomic E-state index is -0.576. The predicted octanol–water partition coefficient (Wildman–Crippen LogP) is 6.50. The average molecular weight is 666 g/mol. The summed E-state index contributed by atoms with van der Waals surface area (Å²) in [6, 6.07) is 36.9. The lowest BCUT2D eigenvalue weighted by atomic mass is 9.99. The van der Waals surface area contributed by atoms with Gasteiger partial charge in [-0.05, 0) is 40.7 Å². The Kier molecular flexibility index (Phi) is 13.9. The molecule has 1 aliphatic heterocycles. The smallest absolute Gasteiger partial charge is 0.243 e. The molecule has 5 rings (SSSR count). The van der Waals surface area contributed by atoms with Crippen LogP contribution in [-0.2, 0) is 45.3 Å². The van der Waals surface area contributed by atoms with E-state index in [1.807, 2.05) is 60.7 Å². The number of hydrogen-bond donors (Lipinski definition) is 4. The number of aliphatic hydroxyl groups is 1. The molecule has 0 spiro atoms. The first-order valence-corrected chi connectivity index (χ1v) is 17.1. The van der Waals surface area contributed by atoms with Crippen LogP contribution in [0, 0.1) is 0 Å². The zero-order chi connectivity index (χ0) is 34.3. The Labute approximate surface area is 288 Å². The molecule has 0 saturated carbocycles. The molecule has 1 aliphatic rings. The Morgan fingerprint density at radius 3 is 1.84 bits per heavy atom. The third-order valence-corrected chi connectivity index (χ3v) is 8.75. The second kappa shape index (κ2) is 19.0. The van der Waals surface area contributed by atoms with Gasteiger partial charge >= 0.3 is 0 Å². The van der Waals surface area contributed by atoms with Gasteiger partial charge in [0.25, 0.3) is 0 Å². The van der Waals surface area contributed by atoms with E-state index in [9.17, 15) is 14.7 Å². The highest BCUT2D eigenvalue weighted by Crippen LogP contribution is 2.38. The summed E-state index contributed by atoms with van der Waals surface area (Å²) < 4.78 is 13.3. The standard InChI is InChI=1S/C40H47N3O6/c44-29-33-18-20-34(21-19-33)37-24-36(28-43(26-31-10-4-1-5-11-31)27-32-12-6-2-7-13-32)48-40(49-37)35-22-16-30(17-23-35)25-41-38(45)14-8-3-9-15-39(46)42-47/h1-2,4-7,10-13,16-23,36-37,40,44,47H,3,8-9,14-15,24-29H2,(H,41,45)(H,42,46)/t36-,37+,40+/m0/s1. The van der Waals surface area contributed by atoms with Crippen molar-refractivity contribution in [2.24, 2.45) is 0 Å². The van der Waals surface area contributed by atoms with Crippen molar-refractivity contribution in [2.75, 3.05) is 6.54 Å². The van der Waals surface area contributed by atoms with Crippen molar-refractivity contribution < 1.29 is 29.4 Å². The topological polar surface area (TPSA) is 120 Å². The minimum Gasteiger partial charge on any atom is -0.392 e. The number of benzene rings is 4. The van der Waals surface area contributed by atoms with Gasteiger partial charge in [-0.2, -0.15) is 0 Å². The van der Waals surface area contributed by atoms with Gasteiger partial charge in [0.1, 0.15) is 0 Å². The van der Waals surface area contributed by atoms with E-state index in [0.717, 1.165) is 41.8 Å². The third-order valence-electron chi connectivity index (χ3n) is 8.75. The molecule has 2 amide bonds. The molecule has 49 heavy (non-hydrogen) atoms. The molecule has 1 heterocycles. The normalized spacial score (nSPS) is 17.5. The van der Waals surface area contributed by atoms with Crippen molar-refractivity contribution in [3.63, 3.8) is 0 Å². The van der Waals surface area contributed by atoms with E-state index in [2.05, 4.69) is 58.7 Å². The number of carbonyl (C=O) groups excluding carboxylic acids is 2. The fourth-order valence-corrected chi connectivity index (χ4v) is 6.07. The number of hydrogen-bond acceptors (Lipinski definition) is 7. The summed E-state index contributed by atoms with van der Waals surface area (Å²) in [5, 5.41) is 21.1. The van der Waals surface area contributed by atoms with E-state index in [0.29, 0.717) is 38.8 Å². The molecule has 9 nitrogen and oxygen atoms in total. The van der Waals surface area contributed by atoms with Crippen LogP contribution in [-0.4, -0.2) is 39.7 Å². The summed E-state index contributed by atoms with van der Waals surface area (Å²) in [7, 11) is 0. The molecular weight excluding hydrogens is 618 g/mol. The molecule has 0 bridgehead atoms. The molecule has 1 saturated heterocycles. The van der Waals surface area contributed by atoms with Crippen LogP contribution in [0.5, 0.6) is 0 Å². The maximum Gasteiger partial charge on any atom is 0.243 e. The number of unbranched alkanes of at least 4 members (excludes halogenated alkanes) is 2. The lowest BCUT2D eigenvalue weighted by Crippen LogP contribution is -2.39. The number of nitrogens with one attached hydrogen (secondary N) is 2.